The second-order valence-corrected chi connectivity index (χ2v) is 7.72. The summed E-state index contributed by atoms with van der Waals surface area (Å²) in [5.41, 5.74) is 1.90. The van der Waals surface area contributed by atoms with Crippen LogP contribution in [0, 0.1) is 24.2 Å². The molecule has 25 heavy (non-hydrogen) atoms. The molecule has 0 saturated heterocycles. The first kappa shape index (κ1) is 18.9. The fourth-order valence-corrected chi connectivity index (χ4v) is 2.87. The van der Waals surface area contributed by atoms with E-state index in [1.54, 1.807) is 25.2 Å². The lowest BCUT2D eigenvalue weighted by molar-refractivity contribution is -0.123. The summed E-state index contributed by atoms with van der Waals surface area (Å²) in [6, 6.07) is 9.56. The molecule has 0 saturated carbocycles. The topological polar surface area (TPSA) is 77.8 Å². The average Bonchev–Trinajstić information content (AvgIpc) is 3.01. The van der Waals surface area contributed by atoms with Gasteiger partial charge in [-0.15, -0.1) is 11.3 Å². The highest BCUT2D eigenvalue weighted by Gasteiger charge is 2.31. The smallest absolute Gasteiger partial charge is 0.243 e. The van der Waals surface area contributed by atoms with E-state index in [9.17, 15) is 10.1 Å². The lowest BCUT2D eigenvalue weighted by atomic mass is 9.90. The normalized spacial score (nSPS) is 14.4. The monoisotopic (exact) mass is 356 g/mol. The van der Waals surface area contributed by atoms with Gasteiger partial charge in [-0.1, -0.05) is 26.0 Å². The first-order valence-electron chi connectivity index (χ1n) is 8.27. The number of hydrogen-bond donors (Lipinski definition) is 2. The second kappa shape index (κ2) is 7.66. The van der Waals surface area contributed by atoms with Crippen molar-refractivity contribution in [3.63, 3.8) is 0 Å². The molecule has 2 atom stereocenters. The van der Waals surface area contributed by atoms with Gasteiger partial charge in [-0.25, -0.2) is 4.98 Å². The van der Waals surface area contributed by atoms with Crippen LogP contribution in [0.3, 0.4) is 0 Å². The Morgan fingerprint density at radius 3 is 2.64 bits per heavy atom. The van der Waals surface area contributed by atoms with E-state index in [1.165, 1.54) is 0 Å². The zero-order valence-corrected chi connectivity index (χ0v) is 16.1. The Labute approximate surface area is 153 Å². The van der Waals surface area contributed by atoms with Crippen LogP contribution in [0.1, 0.15) is 32.7 Å². The van der Waals surface area contributed by atoms with Gasteiger partial charge in [0.05, 0.1) is 16.8 Å². The largest absolute Gasteiger partial charge is 0.374 e. The Morgan fingerprint density at radius 2 is 2.08 bits per heavy atom. The van der Waals surface area contributed by atoms with E-state index in [0.29, 0.717) is 0 Å². The summed E-state index contributed by atoms with van der Waals surface area (Å²) in [6.45, 7) is 9.34. The lowest BCUT2D eigenvalue weighted by Crippen LogP contribution is -2.52. The van der Waals surface area contributed by atoms with Crippen molar-refractivity contribution in [2.24, 2.45) is 5.92 Å². The number of rotatable bonds is 6. The molecule has 2 rings (SSSR count). The fourth-order valence-electron chi connectivity index (χ4n) is 2.25. The molecular formula is C19H24N4OS. The maximum Gasteiger partial charge on any atom is 0.243 e. The summed E-state index contributed by atoms with van der Waals surface area (Å²) in [6.07, 6.45) is 0. The molecule has 0 unspecified atom stereocenters. The standard InChI is InChI=1S/C19H24N4OS/c1-12(2)19(5,11-20)23-18(24)13(3)21-16-8-6-7-15(9-16)17-10-25-14(4)22-17/h6-10,12-13,21H,1-5H3,(H,23,24)/t13-,19-/m0/s1. The molecule has 0 radical (unpaired) electrons. The van der Waals surface area contributed by atoms with Crippen molar-refractivity contribution < 1.29 is 4.79 Å². The van der Waals surface area contributed by atoms with Crippen molar-refractivity contribution in [2.75, 3.05) is 5.32 Å². The number of thiazole rings is 1. The molecule has 2 aromatic rings. The number of nitrogens with one attached hydrogen (secondary N) is 2. The highest BCUT2D eigenvalue weighted by atomic mass is 32.1. The van der Waals surface area contributed by atoms with Crippen molar-refractivity contribution in [1.29, 1.82) is 5.26 Å². The van der Waals surface area contributed by atoms with Gasteiger partial charge >= 0.3 is 0 Å². The zero-order chi connectivity index (χ0) is 18.6. The van der Waals surface area contributed by atoms with E-state index in [4.69, 9.17) is 0 Å². The van der Waals surface area contributed by atoms with Crippen LogP contribution in [-0.2, 0) is 4.79 Å². The summed E-state index contributed by atoms with van der Waals surface area (Å²) in [5, 5.41) is 18.4. The molecule has 132 valence electrons. The van der Waals surface area contributed by atoms with E-state index in [2.05, 4.69) is 21.7 Å². The van der Waals surface area contributed by atoms with Crippen LogP contribution in [0.4, 0.5) is 5.69 Å². The van der Waals surface area contributed by atoms with Crippen molar-refractivity contribution >= 4 is 22.9 Å². The van der Waals surface area contributed by atoms with E-state index in [0.717, 1.165) is 22.0 Å². The zero-order valence-electron chi connectivity index (χ0n) is 15.3. The Bertz CT molecular complexity index is 793. The number of carbonyl (C=O) groups excluding carboxylic acids is 1. The number of benzene rings is 1. The average molecular weight is 356 g/mol. The van der Waals surface area contributed by atoms with Crippen LogP contribution in [0.25, 0.3) is 11.3 Å². The molecule has 0 spiro atoms. The summed E-state index contributed by atoms with van der Waals surface area (Å²) in [4.78, 5) is 16.9. The predicted octanol–water partition coefficient (Wildman–Crippen LogP) is 3.97. The molecule has 0 fully saturated rings. The fraction of sp³-hybridized carbons (Fsp3) is 0.421. The molecule has 0 bridgehead atoms. The van der Waals surface area contributed by atoms with Gasteiger partial charge in [-0.2, -0.15) is 5.26 Å². The Hall–Kier alpha value is -2.39. The van der Waals surface area contributed by atoms with Crippen LogP contribution in [-0.4, -0.2) is 22.5 Å². The van der Waals surface area contributed by atoms with Crippen LogP contribution in [0.5, 0.6) is 0 Å². The van der Waals surface area contributed by atoms with Gasteiger partial charge in [0.2, 0.25) is 5.91 Å². The number of anilines is 1. The number of aromatic nitrogens is 1. The van der Waals surface area contributed by atoms with E-state index in [1.807, 2.05) is 50.4 Å². The van der Waals surface area contributed by atoms with Gasteiger partial charge in [0.1, 0.15) is 11.6 Å². The molecule has 1 amide bonds. The van der Waals surface area contributed by atoms with E-state index in [-0.39, 0.29) is 11.8 Å². The molecule has 1 heterocycles. The highest BCUT2D eigenvalue weighted by molar-refractivity contribution is 7.09. The summed E-state index contributed by atoms with van der Waals surface area (Å²) in [5.74, 6) is -0.183. The van der Waals surface area contributed by atoms with Gasteiger partial charge in [-0.3, -0.25) is 4.79 Å². The number of aryl methyl sites for hydroxylation is 1. The maximum absolute atomic E-state index is 12.4. The maximum atomic E-state index is 12.4. The number of hydrogen-bond acceptors (Lipinski definition) is 5. The summed E-state index contributed by atoms with van der Waals surface area (Å²) < 4.78 is 0. The van der Waals surface area contributed by atoms with Gasteiger partial charge < -0.3 is 10.6 Å². The third-order valence-corrected chi connectivity index (χ3v) is 5.10. The van der Waals surface area contributed by atoms with Gasteiger partial charge in [-0.05, 0) is 38.8 Å². The Kier molecular flexibility index (Phi) is 5.81. The molecule has 5 nitrogen and oxygen atoms in total. The predicted molar refractivity (Wildman–Crippen MR) is 102 cm³/mol. The lowest BCUT2D eigenvalue weighted by Gasteiger charge is -2.29. The number of amides is 1. The van der Waals surface area contributed by atoms with Crippen molar-refractivity contribution in [3.8, 4) is 17.3 Å². The van der Waals surface area contributed by atoms with Crippen molar-refractivity contribution in [1.82, 2.24) is 10.3 Å². The van der Waals surface area contributed by atoms with Crippen LogP contribution in [0.2, 0.25) is 0 Å². The molecule has 6 heteroatoms. The quantitative estimate of drug-likeness (QED) is 0.821. The Balaban J connectivity index is 2.09. The molecular weight excluding hydrogens is 332 g/mol. The first-order chi connectivity index (χ1) is 11.7. The van der Waals surface area contributed by atoms with Gasteiger partial charge in [0, 0.05) is 16.6 Å². The second-order valence-electron chi connectivity index (χ2n) is 6.66. The van der Waals surface area contributed by atoms with Crippen molar-refractivity contribution in [2.45, 2.75) is 46.2 Å². The van der Waals surface area contributed by atoms with Crippen LogP contribution in [0.15, 0.2) is 29.6 Å². The Morgan fingerprint density at radius 1 is 1.36 bits per heavy atom. The summed E-state index contributed by atoms with van der Waals surface area (Å²) >= 11 is 1.61. The summed E-state index contributed by atoms with van der Waals surface area (Å²) in [7, 11) is 0. The number of nitriles is 1. The third kappa shape index (κ3) is 4.58. The van der Waals surface area contributed by atoms with Gasteiger partial charge in [0.25, 0.3) is 0 Å². The van der Waals surface area contributed by atoms with Gasteiger partial charge in [0.15, 0.2) is 0 Å². The van der Waals surface area contributed by atoms with E-state index < -0.39 is 11.6 Å². The minimum Gasteiger partial charge on any atom is -0.374 e. The minimum atomic E-state index is -0.882. The van der Waals surface area contributed by atoms with Crippen molar-refractivity contribution in [3.05, 3.63) is 34.7 Å². The molecule has 0 aliphatic carbocycles. The van der Waals surface area contributed by atoms with E-state index >= 15 is 0 Å². The minimum absolute atomic E-state index is 0.0184. The van der Waals surface area contributed by atoms with Crippen LogP contribution >= 0.6 is 11.3 Å². The first-order valence-corrected chi connectivity index (χ1v) is 9.15. The molecule has 1 aromatic heterocycles. The molecule has 2 N–H and O–H groups in total. The highest BCUT2D eigenvalue weighted by Crippen LogP contribution is 2.24. The SMILES string of the molecule is Cc1nc(-c2cccc(N[C@@H](C)C(=O)N[C@@](C)(C#N)C(C)C)c2)cs1. The molecule has 1 aromatic carbocycles. The number of carbonyl (C=O) groups is 1. The number of nitrogens with zero attached hydrogens (tertiary/aromatic N) is 2. The third-order valence-electron chi connectivity index (χ3n) is 4.32. The molecule has 0 aliphatic rings. The van der Waals surface area contributed by atoms with Crippen LogP contribution < -0.4 is 10.6 Å². The molecule has 0 aliphatic heterocycles.